The Morgan fingerprint density at radius 1 is 1.53 bits per heavy atom. The molecule has 0 saturated carbocycles. The second kappa shape index (κ2) is 6.73. The number of ether oxygens (including phenoxy) is 1. The van der Waals surface area contributed by atoms with Gasteiger partial charge >= 0.3 is 0 Å². The van der Waals surface area contributed by atoms with Gasteiger partial charge in [0.25, 0.3) is 5.91 Å². The summed E-state index contributed by atoms with van der Waals surface area (Å²) < 4.78 is 18.4. The van der Waals surface area contributed by atoms with Crippen LogP contribution in [-0.2, 0) is 0 Å². The molecule has 0 aliphatic carbocycles. The predicted octanol–water partition coefficient (Wildman–Crippen LogP) is 1.69. The van der Waals surface area contributed by atoms with Crippen molar-refractivity contribution < 1.29 is 13.9 Å². The topological polar surface area (TPSA) is 41.6 Å². The highest BCUT2D eigenvalue weighted by Crippen LogP contribution is 2.19. The fourth-order valence-electron chi connectivity index (χ4n) is 2.11. The van der Waals surface area contributed by atoms with Crippen molar-refractivity contribution in [1.29, 1.82) is 0 Å². The van der Waals surface area contributed by atoms with E-state index in [0.717, 1.165) is 13.1 Å². The lowest BCUT2D eigenvalue weighted by Gasteiger charge is -2.34. The van der Waals surface area contributed by atoms with Crippen LogP contribution in [0.25, 0.3) is 0 Å². The van der Waals surface area contributed by atoms with Crippen molar-refractivity contribution in [3.63, 3.8) is 0 Å². The molecule has 4 nitrogen and oxygen atoms in total. The summed E-state index contributed by atoms with van der Waals surface area (Å²) in [6, 6.07) is 4.43. The minimum absolute atomic E-state index is 0. The molecule has 0 spiro atoms. The van der Waals surface area contributed by atoms with Crippen LogP contribution in [0.4, 0.5) is 4.39 Å². The number of hydrogen-bond acceptors (Lipinski definition) is 3. The van der Waals surface area contributed by atoms with E-state index in [9.17, 15) is 9.18 Å². The molecular weight excluding hydrogens is 271 g/mol. The van der Waals surface area contributed by atoms with Crippen LogP contribution < -0.4 is 10.1 Å². The summed E-state index contributed by atoms with van der Waals surface area (Å²) in [6.07, 6.45) is 0. The molecule has 1 saturated heterocycles. The average molecular weight is 289 g/mol. The van der Waals surface area contributed by atoms with Crippen LogP contribution in [0, 0.1) is 5.82 Å². The zero-order valence-electron chi connectivity index (χ0n) is 11.0. The summed E-state index contributed by atoms with van der Waals surface area (Å²) in [4.78, 5) is 14.0. The van der Waals surface area contributed by atoms with Gasteiger partial charge in [0.1, 0.15) is 0 Å². The summed E-state index contributed by atoms with van der Waals surface area (Å²) in [6.45, 7) is 4.16. The van der Waals surface area contributed by atoms with Gasteiger partial charge in [-0.05, 0) is 25.1 Å². The number of methoxy groups -OCH3 is 1. The average Bonchev–Trinajstić information content (AvgIpc) is 2.38. The van der Waals surface area contributed by atoms with Crippen molar-refractivity contribution in [2.24, 2.45) is 0 Å². The van der Waals surface area contributed by atoms with E-state index in [2.05, 4.69) is 5.32 Å². The first kappa shape index (κ1) is 15.7. The molecule has 1 aromatic rings. The van der Waals surface area contributed by atoms with Gasteiger partial charge in [-0.3, -0.25) is 4.79 Å². The lowest BCUT2D eigenvalue weighted by atomic mass is 10.1. The van der Waals surface area contributed by atoms with Gasteiger partial charge in [0.2, 0.25) is 0 Å². The Kier molecular flexibility index (Phi) is 5.57. The monoisotopic (exact) mass is 288 g/mol. The highest BCUT2D eigenvalue weighted by atomic mass is 35.5. The second-order valence-electron chi connectivity index (χ2n) is 4.40. The minimum atomic E-state index is -0.508. The van der Waals surface area contributed by atoms with E-state index in [1.54, 1.807) is 11.0 Å². The van der Waals surface area contributed by atoms with Crippen LogP contribution in [0.3, 0.4) is 0 Å². The van der Waals surface area contributed by atoms with Crippen molar-refractivity contribution in [2.45, 2.75) is 13.0 Å². The minimum Gasteiger partial charge on any atom is -0.494 e. The van der Waals surface area contributed by atoms with E-state index in [4.69, 9.17) is 4.74 Å². The number of carbonyl (C=O) groups excluding carboxylic acids is 1. The first-order valence-corrected chi connectivity index (χ1v) is 5.98. The SMILES string of the molecule is COc1ccc(C(=O)N2CCNC[C@@H]2C)cc1F.Cl. The van der Waals surface area contributed by atoms with Gasteiger partial charge in [-0.1, -0.05) is 0 Å². The molecule has 1 aromatic carbocycles. The largest absolute Gasteiger partial charge is 0.494 e. The third-order valence-corrected chi connectivity index (χ3v) is 3.16. The summed E-state index contributed by atoms with van der Waals surface area (Å²) >= 11 is 0. The summed E-state index contributed by atoms with van der Waals surface area (Å²) in [5, 5.41) is 3.21. The van der Waals surface area contributed by atoms with E-state index in [1.807, 2.05) is 6.92 Å². The number of piperazine rings is 1. The van der Waals surface area contributed by atoms with Crippen molar-refractivity contribution in [3.05, 3.63) is 29.6 Å². The standard InChI is InChI=1S/C13H17FN2O2.ClH/c1-9-8-15-5-6-16(9)13(17)10-3-4-12(18-2)11(14)7-10;/h3-4,7,9,15H,5-6,8H2,1-2H3;1H/t9-;/m0./s1. The molecule has 0 aromatic heterocycles. The lowest BCUT2D eigenvalue weighted by Crippen LogP contribution is -2.52. The molecule has 1 aliphatic rings. The van der Waals surface area contributed by atoms with Gasteiger partial charge in [0.15, 0.2) is 11.6 Å². The fraction of sp³-hybridized carbons (Fsp3) is 0.462. The van der Waals surface area contributed by atoms with Gasteiger partial charge in [0, 0.05) is 31.2 Å². The number of rotatable bonds is 2. The van der Waals surface area contributed by atoms with Gasteiger partial charge in [-0.25, -0.2) is 4.39 Å². The number of amides is 1. The predicted molar refractivity (Wildman–Crippen MR) is 73.6 cm³/mol. The number of hydrogen-bond donors (Lipinski definition) is 1. The Balaban J connectivity index is 0.00000180. The second-order valence-corrected chi connectivity index (χ2v) is 4.40. The number of halogens is 2. The maximum absolute atomic E-state index is 13.6. The van der Waals surface area contributed by atoms with Crippen molar-refractivity contribution >= 4 is 18.3 Å². The number of benzene rings is 1. The summed E-state index contributed by atoms with van der Waals surface area (Å²) in [5.41, 5.74) is 0.363. The van der Waals surface area contributed by atoms with Gasteiger partial charge < -0.3 is 15.0 Å². The molecule has 1 aliphatic heterocycles. The van der Waals surface area contributed by atoms with Crippen molar-refractivity contribution in [1.82, 2.24) is 10.2 Å². The summed E-state index contributed by atoms with van der Waals surface area (Å²) in [5.74, 6) is -0.489. The van der Waals surface area contributed by atoms with Crippen LogP contribution in [0.2, 0.25) is 0 Å². The molecule has 106 valence electrons. The molecule has 1 atom stereocenters. The van der Waals surface area contributed by atoms with E-state index in [0.29, 0.717) is 12.1 Å². The van der Waals surface area contributed by atoms with E-state index in [1.165, 1.54) is 19.2 Å². The van der Waals surface area contributed by atoms with Crippen LogP contribution >= 0.6 is 12.4 Å². The Hall–Kier alpha value is -1.33. The highest BCUT2D eigenvalue weighted by molar-refractivity contribution is 5.94. The molecule has 0 bridgehead atoms. The highest BCUT2D eigenvalue weighted by Gasteiger charge is 2.24. The van der Waals surface area contributed by atoms with Gasteiger partial charge in [0.05, 0.1) is 7.11 Å². The van der Waals surface area contributed by atoms with E-state index >= 15 is 0 Å². The third kappa shape index (κ3) is 3.36. The Bertz CT molecular complexity index is 456. The molecule has 1 amide bonds. The van der Waals surface area contributed by atoms with Crippen LogP contribution in [0.5, 0.6) is 5.75 Å². The van der Waals surface area contributed by atoms with E-state index < -0.39 is 5.82 Å². The van der Waals surface area contributed by atoms with Crippen molar-refractivity contribution in [2.75, 3.05) is 26.7 Å². The third-order valence-electron chi connectivity index (χ3n) is 3.16. The smallest absolute Gasteiger partial charge is 0.254 e. The van der Waals surface area contributed by atoms with Gasteiger partial charge in [-0.15, -0.1) is 12.4 Å². The molecule has 1 heterocycles. The molecule has 1 N–H and O–H groups in total. The van der Waals surface area contributed by atoms with E-state index in [-0.39, 0.29) is 30.1 Å². The van der Waals surface area contributed by atoms with Crippen LogP contribution in [0.15, 0.2) is 18.2 Å². The maximum atomic E-state index is 13.6. The zero-order valence-corrected chi connectivity index (χ0v) is 11.8. The Morgan fingerprint density at radius 2 is 2.26 bits per heavy atom. The van der Waals surface area contributed by atoms with Crippen LogP contribution in [-0.4, -0.2) is 43.6 Å². The lowest BCUT2D eigenvalue weighted by molar-refractivity contribution is 0.0655. The Morgan fingerprint density at radius 3 is 2.84 bits per heavy atom. The number of carbonyl (C=O) groups is 1. The van der Waals surface area contributed by atoms with Gasteiger partial charge in [-0.2, -0.15) is 0 Å². The first-order chi connectivity index (χ1) is 8.63. The molecule has 0 unspecified atom stereocenters. The molecule has 6 heteroatoms. The first-order valence-electron chi connectivity index (χ1n) is 5.98. The number of nitrogens with one attached hydrogen (secondary N) is 1. The Labute approximate surface area is 118 Å². The molecule has 2 rings (SSSR count). The molecule has 1 fully saturated rings. The quantitative estimate of drug-likeness (QED) is 0.900. The normalized spacial score (nSPS) is 18.7. The zero-order chi connectivity index (χ0) is 13.1. The fourth-order valence-corrected chi connectivity index (χ4v) is 2.11. The van der Waals surface area contributed by atoms with Crippen molar-refractivity contribution in [3.8, 4) is 5.75 Å². The summed E-state index contributed by atoms with van der Waals surface area (Å²) in [7, 11) is 1.40. The molecule has 19 heavy (non-hydrogen) atoms. The molecule has 0 radical (unpaired) electrons. The number of nitrogens with zero attached hydrogens (tertiary/aromatic N) is 1. The maximum Gasteiger partial charge on any atom is 0.254 e. The van der Waals surface area contributed by atoms with Crippen LogP contribution in [0.1, 0.15) is 17.3 Å². The molecular formula is C13H18ClFN2O2.